The Kier molecular flexibility index (Phi) is 4.38. The van der Waals surface area contributed by atoms with Crippen LogP contribution in [-0.2, 0) is 4.79 Å². The number of amides is 1. The highest BCUT2D eigenvalue weighted by atomic mass is 32.2. The minimum atomic E-state index is -0.357. The number of anilines is 1. The van der Waals surface area contributed by atoms with E-state index in [2.05, 4.69) is 10.2 Å². The van der Waals surface area contributed by atoms with Crippen LogP contribution in [-0.4, -0.2) is 27.9 Å². The van der Waals surface area contributed by atoms with E-state index in [0.29, 0.717) is 17.3 Å². The molecule has 1 aliphatic heterocycles. The largest absolute Gasteiger partial charge is 0.309 e. The number of rotatable bonds is 3. The number of aromatic nitrogens is 2. The standard InChI is InChI=1S/C16H16FN3OS/c1-11-6-7-12(17)13(10-11)20-9-3-4-14(16(20)21)22-15-5-2-8-18-19-15/h2,5-8,10,14H,3-4,9H2,1H3. The highest BCUT2D eigenvalue weighted by Crippen LogP contribution is 2.32. The van der Waals surface area contributed by atoms with Crippen molar-refractivity contribution in [1.29, 1.82) is 0 Å². The molecule has 1 atom stereocenters. The number of carbonyl (C=O) groups excluding carboxylic acids is 1. The molecular formula is C16H16FN3OS. The molecule has 2 aromatic rings. The van der Waals surface area contributed by atoms with Gasteiger partial charge in [-0.15, -0.1) is 5.10 Å². The Bertz CT molecular complexity index is 680. The molecule has 0 spiro atoms. The monoisotopic (exact) mass is 317 g/mol. The Morgan fingerprint density at radius 2 is 2.23 bits per heavy atom. The molecule has 4 nitrogen and oxygen atoms in total. The van der Waals surface area contributed by atoms with Crippen LogP contribution in [0.4, 0.5) is 10.1 Å². The van der Waals surface area contributed by atoms with E-state index in [1.165, 1.54) is 17.8 Å². The van der Waals surface area contributed by atoms with Gasteiger partial charge in [-0.25, -0.2) is 4.39 Å². The van der Waals surface area contributed by atoms with E-state index in [1.807, 2.05) is 13.0 Å². The average Bonchev–Trinajstić information content (AvgIpc) is 2.53. The molecule has 1 aliphatic rings. The topological polar surface area (TPSA) is 46.1 Å². The molecule has 0 N–H and O–H groups in total. The predicted molar refractivity (Wildman–Crippen MR) is 84.4 cm³/mol. The van der Waals surface area contributed by atoms with Gasteiger partial charge in [-0.1, -0.05) is 17.8 Å². The van der Waals surface area contributed by atoms with E-state index < -0.39 is 0 Å². The second kappa shape index (κ2) is 6.44. The second-order valence-electron chi connectivity index (χ2n) is 5.26. The second-order valence-corrected chi connectivity index (χ2v) is 6.48. The summed E-state index contributed by atoms with van der Waals surface area (Å²) < 4.78 is 14.1. The highest BCUT2D eigenvalue weighted by molar-refractivity contribution is 8.00. The molecule has 22 heavy (non-hydrogen) atoms. The third kappa shape index (κ3) is 3.11. The van der Waals surface area contributed by atoms with Gasteiger partial charge < -0.3 is 4.90 Å². The summed E-state index contributed by atoms with van der Waals surface area (Å²) in [7, 11) is 0. The Labute approximate surface area is 132 Å². The van der Waals surface area contributed by atoms with Crippen LogP contribution in [0.2, 0.25) is 0 Å². The first-order valence-corrected chi connectivity index (χ1v) is 8.05. The lowest BCUT2D eigenvalue weighted by atomic mass is 10.1. The van der Waals surface area contributed by atoms with Gasteiger partial charge in [0.25, 0.3) is 0 Å². The summed E-state index contributed by atoms with van der Waals surface area (Å²) in [6, 6.07) is 8.47. The molecule has 2 heterocycles. The van der Waals surface area contributed by atoms with E-state index in [1.54, 1.807) is 29.3 Å². The molecule has 0 saturated carbocycles. The Hall–Kier alpha value is -1.95. The van der Waals surface area contributed by atoms with Gasteiger partial charge in [0.1, 0.15) is 10.8 Å². The van der Waals surface area contributed by atoms with Gasteiger partial charge >= 0.3 is 0 Å². The molecule has 3 rings (SSSR count). The Morgan fingerprint density at radius 3 is 3.00 bits per heavy atom. The molecule has 0 aliphatic carbocycles. The van der Waals surface area contributed by atoms with Gasteiger partial charge in [0.2, 0.25) is 5.91 Å². The van der Waals surface area contributed by atoms with Gasteiger partial charge in [-0.05, 0) is 49.6 Å². The summed E-state index contributed by atoms with van der Waals surface area (Å²) in [4.78, 5) is 14.2. The number of hydrogen-bond acceptors (Lipinski definition) is 4. The Morgan fingerprint density at radius 1 is 1.36 bits per heavy atom. The van der Waals surface area contributed by atoms with Crippen LogP contribution in [0.25, 0.3) is 0 Å². The van der Waals surface area contributed by atoms with Gasteiger partial charge in [-0.2, -0.15) is 5.10 Å². The number of carbonyl (C=O) groups is 1. The van der Waals surface area contributed by atoms with Crippen LogP contribution in [0.5, 0.6) is 0 Å². The molecular weight excluding hydrogens is 301 g/mol. The maximum atomic E-state index is 14.1. The quantitative estimate of drug-likeness (QED) is 0.872. The zero-order valence-corrected chi connectivity index (χ0v) is 13.0. The lowest BCUT2D eigenvalue weighted by Crippen LogP contribution is -2.43. The van der Waals surface area contributed by atoms with Crippen LogP contribution in [0, 0.1) is 12.7 Å². The lowest BCUT2D eigenvalue weighted by molar-refractivity contribution is -0.119. The van der Waals surface area contributed by atoms with Crippen molar-refractivity contribution in [3.05, 3.63) is 47.9 Å². The number of thioether (sulfide) groups is 1. The van der Waals surface area contributed by atoms with Crippen LogP contribution in [0.15, 0.2) is 41.6 Å². The number of piperidine rings is 1. The normalized spacial score (nSPS) is 18.5. The number of aryl methyl sites for hydroxylation is 1. The van der Waals surface area contributed by atoms with Crippen molar-refractivity contribution in [2.24, 2.45) is 0 Å². The zero-order chi connectivity index (χ0) is 15.5. The van der Waals surface area contributed by atoms with E-state index in [0.717, 1.165) is 18.4 Å². The molecule has 114 valence electrons. The van der Waals surface area contributed by atoms with Crippen molar-refractivity contribution in [3.8, 4) is 0 Å². The summed E-state index contributed by atoms with van der Waals surface area (Å²) in [6.07, 6.45) is 3.21. The number of halogens is 1. The maximum Gasteiger partial charge on any atom is 0.240 e. The highest BCUT2D eigenvalue weighted by Gasteiger charge is 2.32. The molecule has 1 amide bonds. The van der Waals surface area contributed by atoms with E-state index in [-0.39, 0.29) is 17.0 Å². The zero-order valence-electron chi connectivity index (χ0n) is 12.2. The fourth-order valence-corrected chi connectivity index (χ4v) is 3.57. The summed E-state index contributed by atoms with van der Waals surface area (Å²) in [5.41, 5.74) is 1.31. The molecule has 6 heteroatoms. The van der Waals surface area contributed by atoms with Crippen molar-refractivity contribution in [3.63, 3.8) is 0 Å². The SMILES string of the molecule is Cc1ccc(F)c(N2CCCC(Sc3cccnn3)C2=O)c1. The van der Waals surface area contributed by atoms with Crippen molar-refractivity contribution in [2.45, 2.75) is 30.0 Å². The predicted octanol–water partition coefficient (Wildman–Crippen LogP) is 3.21. The molecule has 1 aromatic heterocycles. The molecule has 1 fully saturated rings. The number of hydrogen-bond donors (Lipinski definition) is 0. The first-order chi connectivity index (χ1) is 10.6. The van der Waals surface area contributed by atoms with Crippen molar-refractivity contribution in [1.82, 2.24) is 10.2 Å². The molecule has 0 radical (unpaired) electrons. The van der Waals surface area contributed by atoms with Gasteiger partial charge in [0.15, 0.2) is 0 Å². The smallest absolute Gasteiger partial charge is 0.240 e. The fourth-order valence-electron chi connectivity index (χ4n) is 2.52. The van der Waals surface area contributed by atoms with Crippen LogP contribution in [0.1, 0.15) is 18.4 Å². The van der Waals surface area contributed by atoms with Gasteiger partial charge in [-0.3, -0.25) is 4.79 Å². The minimum absolute atomic E-state index is 0.0635. The van der Waals surface area contributed by atoms with E-state index in [4.69, 9.17) is 0 Å². The number of benzene rings is 1. The first kappa shape index (κ1) is 15.0. The van der Waals surface area contributed by atoms with E-state index >= 15 is 0 Å². The number of nitrogens with zero attached hydrogens (tertiary/aromatic N) is 3. The van der Waals surface area contributed by atoms with Crippen LogP contribution >= 0.6 is 11.8 Å². The van der Waals surface area contributed by atoms with Crippen LogP contribution < -0.4 is 4.90 Å². The molecule has 1 aromatic carbocycles. The van der Waals surface area contributed by atoms with Gasteiger partial charge in [0.05, 0.1) is 10.9 Å². The summed E-state index contributed by atoms with van der Waals surface area (Å²) in [5, 5.41) is 8.30. The third-order valence-corrected chi connectivity index (χ3v) is 4.77. The third-order valence-electron chi connectivity index (χ3n) is 3.59. The average molecular weight is 317 g/mol. The lowest BCUT2D eigenvalue weighted by Gasteiger charge is -2.32. The van der Waals surface area contributed by atoms with E-state index in [9.17, 15) is 9.18 Å². The summed E-state index contributed by atoms with van der Waals surface area (Å²) in [6.45, 7) is 2.44. The van der Waals surface area contributed by atoms with Crippen molar-refractivity contribution < 1.29 is 9.18 Å². The van der Waals surface area contributed by atoms with Crippen LogP contribution in [0.3, 0.4) is 0 Å². The summed E-state index contributed by atoms with van der Waals surface area (Å²) >= 11 is 1.39. The molecule has 0 bridgehead atoms. The van der Waals surface area contributed by atoms with Crippen molar-refractivity contribution in [2.75, 3.05) is 11.4 Å². The maximum absolute atomic E-state index is 14.1. The Balaban J connectivity index is 1.82. The molecule has 1 unspecified atom stereocenters. The fraction of sp³-hybridized carbons (Fsp3) is 0.312. The van der Waals surface area contributed by atoms with Crippen molar-refractivity contribution >= 4 is 23.4 Å². The van der Waals surface area contributed by atoms with Gasteiger partial charge in [0, 0.05) is 12.7 Å². The summed E-state index contributed by atoms with van der Waals surface area (Å²) in [5.74, 6) is -0.421. The minimum Gasteiger partial charge on any atom is -0.309 e. The first-order valence-electron chi connectivity index (χ1n) is 7.17. The molecule has 1 saturated heterocycles.